The molecule has 3 N–H and O–H groups in total. The first-order valence-corrected chi connectivity index (χ1v) is 13.8. The van der Waals surface area contributed by atoms with E-state index in [4.69, 9.17) is 4.74 Å². The van der Waals surface area contributed by atoms with Crippen LogP contribution < -0.4 is 14.8 Å². The summed E-state index contributed by atoms with van der Waals surface area (Å²) in [5.74, 6) is -0.410. The van der Waals surface area contributed by atoms with Crippen molar-refractivity contribution in [2.24, 2.45) is 5.41 Å². The van der Waals surface area contributed by atoms with Gasteiger partial charge in [0.25, 0.3) is 0 Å². The molecule has 1 aliphatic carbocycles. The topological polar surface area (TPSA) is 111 Å². The van der Waals surface area contributed by atoms with Gasteiger partial charge in [-0.15, -0.1) is 4.72 Å². The number of piperidine rings is 1. The van der Waals surface area contributed by atoms with Gasteiger partial charge in [0.15, 0.2) is 5.69 Å². The van der Waals surface area contributed by atoms with E-state index in [0.29, 0.717) is 18.0 Å². The van der Waals surface area contributed by atoms with Crippen molar-refractivity contribution in [3.63, 3.8) is 0 Å². The van der Waals surface area contributed by atoms with E-state index in [9.17, 15) is 14.5 Å². The van der Waals surface area contributed by atoms with Crippen LogP contribution in [0.3, 0.4) is 0 Å². The van der Waals surface area contributed by atoms with Crippen molar-refractivity contribution < 1.29 is 19.2 Å². The predicted molar refractivity (Wildman–Crippen MR) is 143 cm³/mol. The number of rotatable bonds is 7. The number of aromatic nitrogens is 2. The minimum atomic E-state index is -1.18. The van der Waals surface area contributed by atoms with Crippen LogP contribution in [0.2, 0.25) is 0 Å². The van der Waals surface area contributed by atoms with Crippen LogP contribution in [0.4, 0.5) is 0 Å². The van der Waals surface area contributed by atoms with Crippen molar-refractivity contribution in [2.75, 3.05) is 13.1 Å². The molecule has 196 valence electrons. The molecule has 1 saturated heterocycles. The standard InChI is InChI=1S/C28H34N4O4S/c1-27(2,3)37(35)31-25-23-15-19(7-8-20(23)17-28(25)10-13-29-14-11-28)18-36-22-6-4-5-21(16-22)32-24(26(33)34)9-12-30-32/h4-9,12,15-16,25,29,31H,10-11,13-14,17-18H2,1-3H3,(H,33,34)/t25-,37-/m1/s1. The number of nitrogens with one attached hydrogen (secondary N) is 2. The summed E-state index contributed by atoms with van der Waals surface area (Å²) in [5.41, 5.74) is 4.35. The summed E-state index contributed by atoms with van der Waals surface area (Å²) >= 11 is -1.18. The van der Waals surface area contributed by atoms with Crippen molar-refractivity contribution >= 4 is 17.3 Å². The SMILES string of the molecule is CC(C)(C)[S@@+]([O-])N[C@@H]1c2cc(COc3cccc(-n4nccc4C(=O)O)c3)ccc2CC12CCNCC2. The molecule has 0 radical (unpaired) electrons. The van der Waals surface area contributed by atoms with Crippen LogP contribution in [-0.4, -0.2) is 43.2 Å². The Morgan fingerprint density at radius 1 is 1.24 bits per heavy atom. The molecule has 0 amide bonds. The molecule has 2 heterocycles. The van der Waals surface area contributed by atoms with E-state index in [1.807, 2.05) is 32.9 Å². The first-order chi connectivity index (χ1) is 17.7. The molecule has 37 heavy (non-hydrogen) atoms. The molecular weight excluding hydrogens is 488 g/mol. The lowest BCUT2D eigenvalue weighted by atomic mass is 9.73. The molecule has 8 nitrogen and oxygen atoms in total. The smallest absolute Gasteiger partial charge is 0.354 e. The van der Waals surface area contributed by atoms with E-state index in [0.717, 1.165) is 37.9 Å². The number of fused-ring (bicyclic) bond motifs is 1. The molecule has 9 heteroatoms. The van der Waals surface area contributed by atoms with Gasteiger partial charge in [-0.3, -0.25) is 0 Å². The minimum Gasteiger partial charge on any atom is -0.598 e. The second-order valence-corrected chi connectivity index (χ2v) is 13.0. The molecule has 2 aliphatic rings. The maximum atomic E-state index is 13.2. The van der Waals surface area contributed by atoms with Gasteiger partial charge in [0.1, 0.15) is 17.1 Å². The molecule has 1 spiro atoms. The minimum absolute atomic E-state index is 0.0298. The highest BCUT2D eigenvalue weighted by Gasteiger charge is 2.49. The van der Waals surface area contributed by atoms with E-state index in [2.05, 4.69) is 33.3 Å². The van der Waals surface area contributed by atoms with E-state index >= 15 is 0 Å². The Morgan fingerprint density at radius 3 is 2.76 bits per heavy atom. The summed E-state index contributed by atoms with van der Waals surface area (Å²) in [4.78, 5) is 11.5. The van der Waals surface area contributed by atoms with E-state index in [-0.39, 0.29) is 21.9 Å². The summed E-state index contributed by atoms with van der Waals surface area (Å²) in [6.45, 7) is 8.32. The quantitative estimate of drug-likeness (QED) is 0.400. The molecule has 2 aromatic carbocycles. The van der Waals surface area contributed by atoms with Crippen LogP contribution in [-0.2, 0) is 24.4 Å². The Hall–Kier alpha value is -2.85. The molecule has 1 aliphatic heterocycles. The largest absolute Gasteiger partial charge is 0.598 e. The van der Waals surface area contributed by atoms with Crippen molar-refractivity contribution in [2.45, 2.75) is 57.4 Å². The fraction of sp³-hybridized carbons (Fsp3) is 0.429. The van der Waals surface area contributed by atoms with Crippen molar-refractivity contribution in [3.05, 3.63) is 77.1 Å². The monoisotopic (exact) mass is 522 g/mol. The lowest BCUT2D eigenvalue weighted by molar-refractivity contribution is 0.0687. The van der Waals surface area contributed by atoms with E-state index in [1.165, 1.54) is 28.1 Å². The van der Waals surface area contributed by atoms with Gasteiger partial charge in [-0.05, 0) is 88.0 Å². The zero-order chi connectivity index (χ0) is 26.2. The fourth-order valence-electron chi connectivity index (χ4n) is 5.38. The summed E-state index contributed by atoms with van der Waals surface area (Å²) in [6, 6.07) is 15.2. The first-order valence-electron chi connectivity index (χ1n) is 12.7. The Bertz CT molecular complexity index is 1280. The highest BCUT2D eigenvalue weighted by molar-refractivity contribution is 7.90. The summed E-state index contributed by atoms with van der Waals surface area (Å²) in [6.07, 6.45) is 4.55. The number of carboxylic acid groups (broad SMARTS) is 1. The third kappa shape index (κ3) is 5.27. The number of ether oxygens (including phenoxy) is 1. The summed E-state index contributed by atoms with van der Waals surface area (Å²) < 4.78 is 23.8. The van der Waals surface area contributed by atoms with E-state index in [1.54, 1.807) is 12.1 Å². The van der Waals surface area contributed by atoms with Crippen molar-refractivity contribution in [1.29, 1.82) is 0 Å². The number of carbonyl (C=O) groups is 1. The molecule has 1 aromatic heterocycles. The van der Waals surface area contributed by atoms with Gasteiger partial charge in [0.2, 0.25) is 0 Å². The van der Waals surface area contributed by atoms with Crippen molar-refractivity contribution in [1.82, 2.24) is 19.8 Å². The molecular formula is C28H34N4O4S. The van der Waals surface area contributed by atoms with Crippen LogP contribution in [0.25, 0.3) is 5.69 Å². The lowest BCUT2D eigenvalue weighted by Crippen LogP contribution is -2.48. The summed E-state index contributed by atoms with van der Waals surface area (Å²) in [7, 11) is 0. The molecule has 1 fully saturated rings. The van der Waals surface area contributed by atoms with Gasteiger partial charge in [-0.1, -0.05) is 24.3 Å². The molecule has 5 rings (SSSR count). The van der Waals surface area contributed by atoms with Crippen LogP contribution in [0, 0.1) is 5.41 Å². The number of hydrogen-bond donors (Lipinski definition) is 3. The normalized spacial score (nSPS) is 19.5. The number of hydrogen-bond acceptors (Lipinski definition) is 6. The maximum absolute atomic E-state index is 13.2. The average molecular weight is 523 g/mol. The Kier molecular flexibility index (Phi) is 7.06. The second-order valence-electron chi connectivity index (χ2n) is 11.0. The zero-order valence-electron chi connectivity index (χ0n) is 21.5. The highest BCUT2D eigenvalue weighted by Crippen LogP contribution is 2.52. The molecule has 3 aromatic rings. The fourth-order valence-corrected chi connectivity index (χ4v) is 6.32. The van der Waals surface area contributed by atoms with Gasteiger partial charge in [0.05, 0.1) is 17.9 Å². The van der Waals surface area contributed by atoms with Crippen molar-refractivity contribution in [3.8, 4) is 11.4 Å². The molecule has 0 unspecified atom stereocenters. The lowest BCUT2D eigenvalue weighted by Gasteiger charge is -2.40. The molecule has 0 bridgehead atoms. The van der Waals surface area contributed by atoms with E-state index < -0.39 is 17.3 Å². The number of carboxylic acids is 1. The van der Waals surface area contributed by atoms with Gasteiger partial charge >= 0.3 is 5.97 Å². The number of nitrogens with zero attached hydrogens (tertiary/aromatic N) is 2. The first kappa shape index (κ1) is 25.8. The average Bonchev–Trinajstić information content (AvgIpc) is 3.47. The van der Waals surface area contributed by atoms with Crippen LogP contribution >= 0.6 is 0 Å². The number of aromatic carboxylic acids is 1. The number of benzene rings is 2. The van der Waals surface area contributed by atoms with Crippen LogP contribution in [0.15, 0.2) is 54.7 Å². The molecule has 0 saturated carbocycles. The summed E-state index contributed by atoms with van der Waals surface area (Å²) in [5, 5.41) is 17.0. The van der Waals surface area contributed by atoms with Gasteiger partial charge < -0.3 is 19.7 Å². The predicted octanol–water partition coefficient (Wildman–Crippen LogP) is 4.17. The zero-order valence-corrected chi connectivity index (χ0v) is 22.3. The second kappa shape index (κ2) is 10.1. The highest BCUT2D eigenvalue weighted by atomic mass is 32.2. The third-order valence-electron chi connectivity index (χ3n) is 7.39. The Balaban J connectivity index is 1.37. The van der Waals surface area contributed by atoms with Gasteiger partial charge in [-0.2, -0.15) is 5.10 Å². The van der Waals surface area contributed by atoms with Gasteiger partial charge in [-0.25, -0.2) is 9.48 Å². The van der Waals surface area contributed by atoms with Crippen LogP contribution in [0.1, 0.15) is 66.8 Å². The Morgan fingerprint density at radius 2 is 2.03 bits per heavy atom. The van der Waals surface area contributed by atoms with Crippen LogP contribution in [0.5, 0.6) is 5.75 Å². The Labute approximate surface area is 220 Å². The van der Waals surface area contributed by atoms with Gasteiger partial charge in [0, 0.05) is 22.8 Å². The maximum Gasteiger partial charge on any atom is 0.354 e. The third-order valence-corrected chi connectivity index (χ3v) is 8.95. The molecule has 2 atom stereocenters.